The first-order valence-corrected chi connectivity index (χ1v) is 8.72. The van der Waals surface area contributed by atoms with Crippen molar-refractivity contribution in [3.8, 4) is 6.07 Å². The minimum Gasteiger partial charge on any atom is -0.343 e. The summed E-state index contributed by atoms with van der Waals surface area (Å²) in [4.78, 5) is 14.5. The molecule has 0 saturated carbocycles. The molecule has 1 aromatic heterocycles. The Balaban J connectivity index is 0.00000192. The second-order valence-electron chi connectivity index (χ2n) is 6.31. The van der Waals surface area contributed by atoms with Gasteiger partial charge in [-0.3, -0.25) is 4.79 Å². The first-order valence-electron chi connectivity index (χ1n) is 7.91. The van der Waals surface area contributed by atoms with Gasteiger partial charge in [0.15, 0.2) is 0 Å². The summed E-state index contributed by atoms with van der Waals surface area (Å²) < 4.78 is 0. The maximum atomic E-state index is 12.2. The van der Waals surface area contributed by atoms with Crippen molar-refractivity contribution < 1.29 is 4.79 Å². The van der Waals surface area contributed by atoms with Crippen LogP contribution in [-0.2, 0) is 23.2 Å². The summed E-state index contributed by atoms with van der Waals surface area (Å²) in [7, 11) is 0. The van der Waals surface area contributed by atoms with Gasteiger partial charge in [0.2, 0.25) is 5.91 Å². The molecule has 3 rings (SSSR count). The van der Waals surface area contributed by atoms with E-state index < -0.39 is 11.6 Å². The Morgan fingerprint density at radius 3 is 2.83 bits per heavy atom. The van der Waals surface area contributed by atoms with Gasteiger partial charge in [0.1, 0.15) is 6.07 Å². The topological polar surface area (TPSA) is 90.9 Å². The van der Waals surface area contributed by atoms with Crippen LogP contribution in [0.2, 0.25) is 0 Å². The number of halogens is 1. The van der Waals surface area contributed by atoms with Crippen LogP contribution >= 0.6 is 23.7 Å². The predicted octanol–water partition coefficient (Wildman–Crippen LogP) is 1.57. The standard InChI is InChI=1S/C16H22N4OS.ClH/c1-10(18)15(21)20-16(6-7-19-9-16)14-12(8-17)11-4-2-3-5-13(11)22-14;/h10,19H,2-7,9,18H2,1H3,(H,20,21);1H/t10-,16-;/m0./s1. The Labute approximate surface area is 147 Å². The largest absolute Gasteiger partial charge is 0.343 e. The highest BCUT2D eigenvalue weighted by Crippen LogP contribution is 2.41. The number of carbonyl (C=O) groups excluding carboxylic acids is 1. The molecule has 1 aliphatic heterocycles. The number of nitrogens with zero attached hydrogens (tertiary/aromatic N) is 1. The van der Waals surface area contributed by atoms with Crippen molar-refractivity contribution in [3.05, 3.63) is 20.9 Å². The highest BCUT2D eigenvalue weighted by Gasteiger charge is 2.42. The number of hydrogen-bond acceptors (Lipinski definition) is 5. The van der Waals surface area contributed by atoms with Gasteiger partial charge < -0.3 is 16.4 Å². The third-order valence-corrected chi connectivity index (χ3v) is 6.15. The molecule has 1 aliphatic carbocycles. The summed E-state index contributed by atoms with van der Waals surface area (Å²) in [6, 6.07) is 1.86. The second-order valence-corrected chi connectivity index (χ2v) is 7.42. The first kappa shape index (κ1) is 18.2. The van der Waals surface area contributed by atoms with Crippen molar-refractivity contribution in [2.75, 3.05) is 13.1 Å². The van der Waals surface area contributed by atoms with Gasteiger partial charge >= 0.3 is 0 Å². The van der Waals surface area contributed by atoms with Crippen LogP contribution in [0.5, 0.6) is 0 Å². The maximum absolute atomic E-state index is 12.2. The quantitative estimate of drug-likeness (QED) is 0.768. The molecule has 0 radical (unpaired) electrons. The molecule has 2 aliphatic rings. The molecule has 0 bridgehead atoms. The highest BCUT2D eigenvalue weighted by atomic mass is 35.5. The molecule has 5 nitrogen and oxygen atoms in total. The maximum Gasteiger partial charge on any atom is 0.237 e. The molecule has 126 valence electrons. The molecule has 2 heterocycles. The zero-order chi connectivity index (χ0) is 15.7. The van der Waals surface area contributed by atoms with E-state index in [1.54, 1.807) is 18.3 Å². The van der Waals surface area contributed by atoms with Gasteiger partial charge in [-0.2, -0.15) is 5.26 Å². The number of thiophene rings is 1. The molecule has 2 atom stereocenters. The molecule has 1 fully saturated rings. The third kappa shape index (κ3) is 3.24. The minimum absolute atomic E-state index is 0. The molecule has 1 saturated heterocycles. The third-order valence-electron chi connectivity index (χ3n) is 4.65. The highest BCUT2D eigenvalue weighted by molar-refractivity contribution is 7.12. The normalized spacial score (nSPS) is 24.2. The van der Waals surface area contributed by atoms with Crippen LogP contribution in [0.3, 0.4) is 0 Å². The first-order chi connectivity index (χ1) is 10.6. The minimum atomic E-state index is -0.544. The number of nitrogens with one attached hydrogen (secondary N) is 2. The molecule has 23 heavy (non-hydrogen) atoms. The molecular formula is C16H23ClN4OS. The fourth-order valence-corrected chi connectivity index (χ4v) is 4.93. The van der Waals surface area contributed by atoms with Crippen LogP contribution in [0.4, 0.5) is 0 Å². The van der Waals surface area contributed by atoms with E-state index in [1.807, 2.05) is 0 Å². The number of nitrogens with two attached hydrogens (primary N) is 1. The number of amides is 1. The molecule has 0 aromatic carbocycles. The van der Waals surface area contributed by atoms with Gasteiger partial charge in [0, 0.05) is 16.3 Å². The monoisotopic (exact) mass is 354 g/mol. The van der Waals surface area contributed by atoms with Gasteiger partial charge in [-0.15, -0.1) is 23.7 Å². The lowest BCUT2D eigenvalue weighted by Crippen LogP contribution is -2.52. The van der Waals surface area contributed by atoms with E-state index in [0.717, 1.165) is 42.7 Å². The second kappa shape index (κ2) is 7.18. The van der Waals surface area contributed by atoms with Gasteiger partial charge in [-0.1, -0.05) is 0 Å². The lowest BCUT2D eigenvalue weighted by Gasteiger charge is -2.30. The number of aryl methyl sites for hydroxylation is 1. The van der Waals surface area contributed by atoms with Crippen LogP contribution < -0.4 is 16.4 Å². The van der Waals surface area contributed by atoms with Crippen LogP contribution in [0.1, 0.15) is 47.1 Å². The number of carbonyl (C=O) groups is 1. The SMILES string of the molecule is C[C@H](N)C(=O)N[C@@]1(c2sc3c(c2C#N)CCCC3)CCNC1.Cl. The van der Waals surface area contributed by atoms with E-state index in [1.165, 1.54) is 16.9 Å². The van der Waals surface area contributed by atoms with Crippen LogP contribution in [0.15, 0.2) is 0 Å². The molecule has 1 amide bonds. The summed E-state index contributed by atoms with van der Waals surface area (Å²) in [6.45, 7) is 3.20. The van der Waals surface area contributed by atoms with E-state index in [0.29, 0.717) is 6.54 Å². The Bertz CT molecular complexity index is 629. The smallest absolute Gasteiger partial charge is 0.237 e. The summed E-state index contributed by atoms with van der Waals surface area (Å²) in [5.41, 5.74) is 7.27. The van der Waals surface area contributed by atoms with Crippen molar-refractivity contribution in [3.63, 3.8) is 0 Å². The lowest BCUT2D eigenvalue weighted by molar-refractivity contribution is -0.123. The van der Waals surface area contributed by atoms with Gasteiger partial charge in [-0.25, -0.2) is 0 Å². The zero-order valence-electron chi connectivity index (χ0n) is 13.3. The molecule has 1 aromatic rings. The summed E-state index contributed by atoms with van der Waals surface area (Å²) in [5.74, 6) is -0.154. The molecule has 7 heteroatoms. The van der Waals surface area contributed by atoms with Crippen LogP contribution in [0.25, 0.3) is 0 Å². The van der Waals surface area contributed by atoms with E-state index in [4.69, 9.17) is 5.73 Å². The van der Waals surface area contributed by atoms with Crippen molar-refractivity contribution in [1.29, 1.82) is 5.26 Å². The lowest BCUT2D eigenvalue weighted by atomic mass is 9.88. The van der Waals surface area contributed by atoms with E-state index in [-0.39, 0.29) is 18.3 Å². The summed E-state index contributed by atoms with van der Waals surface area (Å²) in [6.07, 6.45) is 5.18. The van der Waals surface area contributed by atoms with Crippen LogP contribution in [-0.4, -0.2) is 25.0 Å². The van der Waals surface area contributed by atoms with E-state index in [2.05, 4.69) is 16.7 Å². The fraction of sp³-hybridized carbons (Fsp3) is 0.625. The van der Waals surface area contributed by atoms with Crippen molar-refractivity contribution in [1.82, 2.24) is 10.6 Å². The van der Waals surface area contributed by atoms with Crippen LogP contribution in [0, 0.1) is 11.3 Å². The Morgan fingerprint density at radius 2 is 2.22 bits per heavy atom. The van der Waals surface area contributed by atoms with Crippen molar-refractivity contribution in [2.24, 2.45) is 5.73 Å². The van der Waals surface area contributed by atoms with Gasteiger partial charge in [0.05, 0.1) is 17.1 Å². The molecule has 0 unspecified atom stereocenters. The number of hydrogen-bond donors (Lipinski definition) is 3. The summed E-state index contributed by atoms with van der Waals surface area (Å²) in [5, 5.41) is 16.1. The van der Waals surface area contributed by atoms with Crippen molar-refractivity contribution >= 4 is 29.7 Å². The van der Waals surface area contributed by atoms with Crippen molar-refractivity contribution in [2.45, 2.75) is 50.6 Å². The predicted molar refractivity (Wildman–Crippen MR) is 93.9 cm³/mol. The van der Waals surface area contributed by atoms with E-state index >= 15 is 0 Å². The average Bonchev–Trinajstić information content (AvgIpc) is 3.11. The molecule has 0 spiro atoms. The van der Waals surface area contributed by atoms with Gasteiger partial charge in [-0.05, 0) is 51.1 Å². The number of nitriles is 1. The average molecular weight is 355 g/mol. The zero-order valence-corrected chi connectivity index (χ0v) is 14.9. The Hall–Kier alpha value is -1.13. The van der Waals surface area contributed by atoms with Gasteiger partial charge in [0.25, 0.3) is 0 Å². The number of fused-ring (bicyclic) bond motifs is 1. The Kier molecular flexibility index (Phi) is 5.69. The Morgan fingerprint density at radius 1 is 1.48 bits per heavy atom. The van der Waals surface area contributed by atoms with E-state index in [9.17, 15) is 10.1 Å². The molecular weight excluding hydrogens is 332 g/mol. The fourth-order valence-electron chi connectivity index (χ4n) is 3.42. The number of rotatable bonds is 3. The summed E-state index contributed by atoms with van der Waals surface area (Å²) >= 11 is 1.72. The molecule has 4 N–H and O–H groups in total.